The van der Waals surface area contributed by atoms with E-state index in [2.05, 4.69) is 0 Å². The molecular formula is C15H22N2O2. The Labute approximate surface area is 114 Å². The lowest BCUT2D eigenvalue weighted by molar-refractivity contribution is 0.0503. The zero-order valence-corrected chi connectivity index (χ0v) is 11.2. The number of hydrogen-bond donors (Lipinski definition) is 2. The number of piperidine rings is 1. The van der Waals surface area contributed by atoms with E-state index < -0.39 is 0 Å². The molecule has 1 aromatic rings. The first-order valence-corrected chi connectivity index (χ1v) is 6.97. The number of rotatable bonds is 4. The second-order valence-corrected chi connectivity index (χ2v) is 5.07. The number of hydrogen-bond acceptors (Lipinski definition) is 3. The summed E-state index contributed by atoms with van der Waals surface area (Å²) in [6.07, 6.45) is 3.78. The van der Waals surface area contributed by atoms with Gasteiger partial charge in [0.1, 0.15) is 0 Å². The van der Waals surface area contributed by atoms with Crippen molar-refractivity contribution in [2.24, 2.45) is 5.73 Å². The molecule has 1 amide bonds. The second-order valence-electron chi connectivity index (χ2n) is 5.07. The molecule has 0 bridgehead atoms. The monoisotopic (exact) mass is 262 g/mol. The van der Waals surface area contributed by atoms with E-state index in [1.807, 2.05) is 29.2 Å². The summed E-state index contributed by atoms with van der Waals surface area (Å²) < 4.78 is 0. The summed E-state index contributed by atoms with van der Waals surface area (Å²) in [7, 11) is 0. The topological polar surface area (TPSA) is 66.6 Å². The molecular weight excluding hydrogens is 240 g/mol. The van der Waals surface area contributed by atoms with Crippen LogP contribution in [0.4, 0.5) is 0 Å². The van der Waals surface area contributed by atoms with E-state index in [0.29, 0.717) is 12.1 Å². The molecule has 0 spiro atoms. The van der Waals surface area contributed by atoms with E-state index in [9.17, 15) is 9.90 Å². The van der Waals surface area contributed by atoms with Crippen LogP contribution in [-0.4, -0.2) is 41.7 Å². The van der Waals surface area contributed by atoms with Crippen molar-refractivity contribution in [2.75, 3.05) is 19.7 Å². The fourth-order valence-corrected chi connectivity index (χ4v) is 2.65. The Bertz CT molecular complexity index is 434. The molecule has 3 N–H and O–H groups in total. The van der Waals surface area contributed by atoms with Gasteiger partial charge in [0, 0.05) is 12.1 Å². The van der Waals surface area contributed by atoms with Gasteiger partial charge in [-0.25, -0.2) is 0 Å². The largest absolute Gasteiger partial charge is 0.394 e. The van der Waals surface area contributed by atoms with Gasteiger partial charge in [-0.1, -0.05) is 12.1 Å². The Morgan fingerprint density at radius 2 is 2.26 bits per heavy atom. The van der Waals surface area contributed by atoms with Gasteiger partial charge in [0.05, 0.1) is 12.6 Å². The Morgan fingerprint density at radius 1 is 1.42 bits per heavy atom. The first kappa shape index (κ1) is 14.0. The minimum atomic E-state index is -0.0283. The van der Waals surface area contributed by atoms with E-state index in [1.165, 1.54) is 0 Å². The van der Waals surface area contributed by atoms with Gasteiger partial charge >= 0.3 is 0 Å². The molecule has 4 heteroatoms. The molecule has 1 aromatic carbocycles. The minimum Gasteiger partial charge on any atom is -0.394 e. The highest BCUT2D eigenvalue weighted by Gasteiger charge is 2.26. The van der Waals surface area contributed by atoms with Crippen molar-refractivity contribution in [1.29, 1.82) is 0 Å². The van der Waals surface area contributed by atoms with Gasteiger partial charge in [-0.15, -0.1) is 0 Å². The number of aliphatic hydroxyl groups is 1. The van der Waals surface area contributed by atoms with Gasteiger partial charge in [-0.3, -0.25) is 4.79 Å². The Balaban J connectivity index is 2.15. The van der Waals surface area contributed by atoms with Gasteiger partial charge in [-0.05, 0) is 49.9 Å². The quantitative estimate of drug-likeness (QED) is 0.856. The molecule has 1 aliphatic rings. The number of likely N-dealkylation sites (tertiary alicyclic amines) is 1. The first-order valence-electron chi connectivity index (χ1n) is 6.97. The molecule has 1 saturated heterocycles. The number of carbonyl (C=O) groups is 1. The predicted octanol–water partition coefficient (Wildman–Crippen LogP) is 1.17. The summed E-state index contributed by atoms with van der Waals surface area (Å²) in [5.41, 5.74) is 7.33. The molecule has 0 aliphatic carbocycles. The molecule has 0 saturated carbocycles. The van der Waals surface area contributed by atoms with Crippen molar-refractivity contribution < 1.29 is 9.90 Å². The lowest BCUT2D eigenvalue weighted by Gasteiger charge is -2.34. The summed E-state index contributed by atoms with van der Waals surface area (Å²) in [6, 6.07) is 7.61. The van der Waals surface area contributed by atoms with E-state index in [4.69, 9.17) is 5.73 Å². The van der Waals surface area contributed by atoms with Crippen molar-refractivity contribution in [3.8, 4) is 0 Å². The van der Waals surface area contributed by atoms with Crippen molar-refractivity contribution >= 4 is 5.91 Å². The number of nitrogens with zero attached hydrogens (tertiary/aromatic N) is 1. The van der Waals surface area contributed by atoms with Crippen LogP contribution in [0.2, 0.25) is 0 Å². The lowest BCUT2D eigenvalue weighted by Crippen LogP contribution is -2.45. The molecule has 0 aromatic heterocycles. The average Bonchev–Trinajstić information content (AvgIpc) is 2.47. The normalized spacial score (nSPS) is 19.5. The molecule has 4 nitrogen and oxygen atoms in total. The second kappa shape index (κ2) is 6.68. The van der Waals surface area contributed by atoms with E-state index in [0.717, 1.165) is 37.8 Å². The van der Waals surface area contributed by atoms with Gasteiger partial charge in [-0.2, -0.15) is 0 Å². The predicted molar refractivity (Wildman–Crippen MR) is 75.0 cm³/mol. The van der Waals surface area contributed by atoms with Crippen LogP contribution in [0.15, 0.2) is 24.3 Å². The standard InChI is InChI=1S/C15H22N2O2/c16-8-7-12-4-3-5-13(10-12)15(19)17-9-2-1-6-14(17)11-18/h3-5,10,14,18H,1-2,6-9,11,16H2. The average molecular weight is 262 g/mol. The van der Waals surface area contributed by atoms with Crippen LogP contribution in [0.1, 0.15) is 35.2 Å². The zero-order chi connectivity index (χ0) is 13.7. The smallest absolute Gasteiger partial charge is 0.254 e. The molecule has 104 valence electrons. The number of carbonyl (C=O) groups excluding carboxylic acids is 1. The highest BCUT2D eigenvalue weighted by Crippen LogP contribution is 2.19. The SMILES string of the molecule is NCCc1cccc(C(=O)N2CCCCC2CO)c1. The Morgan fingerprint density at radius 3 is 3.00 bits per heavy atom. The molecule has 0 radical (unpaired) electrons. The third-order valence-corrected chi connectivity index (χ3v) is 3.71. The van der Waals surface area contributed by atoms with Crippen LogP contribution in [0.3, 0.4) is 0 Å². The van der Waals surface area contributed by atoms with Crippen LogP contribution in [0.25, 0.3) is 0 Å². The van der Waals surface area contributed by atoms with Crippen LogP contribution in [0, 0.1) is 0 Å². The lowest BCUT2D eigenvalue weighted by atomic mass is 10.0. The first-order chi connectivity index (χ1) is 9.26. The fourth-order valence-electron chi connectivity index (χ4n) is 2.65. The molecule has 19 heavy (non-hydrogen) atoms. The maximum atomic E-state index is 12.5. The van der Waals surface area contributed by atoms with E-state index in [-0.39, 0.29) is 18.6 Å². The summed E-state index contributed by atoms with van der Waals surface area (Å²) in [4.78, 5) is 14.3. The molecule has 2 rings (SSSR count). The van der Waals surface area contributed by atoms with Gasteiger partial charge in [0.2, 0.25) is 0 Å². The summed E-state index contributed by atoms with van der Waals surface area (Å²) in [5, 5.41) is 9.39. The van der Waals surface area contributed by atoms with E-state index in [1.54, 1.807) is 0 Å². The molecule has 1 aliphatic heterocycles. The number of aliphatic hydroxyl groups excluding tert-OH is 1. The maximum absolute atomic E-state index is 12.5. The minimum absolute atomic E-state index is 0.0256. The third kappa shape index (κ3) is 3.33. The molecule has 1 heterocycles. The van der Waals surface area contributed by atoms with Gasteiger partial charge < -0.3 is 15.7 Å². The van der Waals surface area contributed by atoms with Crippen LogP contribution >= 0.6 is 0 Å². The van der Waals surface area contributed by atoms with Gasteiger partial charge in [0.25, 0.3) is 5.91 Å². The van der Waals surface area contributed by atoms with Crippen molar-refractivity contribution in [1.82, 2.24) is 4.90 Å². The summed E-state index contributed by atoms with van der Waals surface area (Å²) in [6.45, 7) is 1.38. The van der Waals surface area contributed by atoms with Crippen LogP contribution in [-0.2, 0) is 6.42 Å². The maximum Gasteiger partial charge on any atom is 0.254 e. The highest BCUT2D eigenvalue weighted by molar-refractivity contribution is 5.94. The highest BCUT2D eigenvalue weighted by atomic mass is 16.3. The number of benzene rings is 1. The van der Waals surface area contributed by atoms with Crippen LogP contribution < -0.4 is 5.73 Å². The fraction of sp³-hybridized carbons (Fsp3) is 0.533. The number of amides is 1. The van der Waals surface area contributed by atoms with Crippen LogP contribution in [0.5, 0.6) is 0 Å². The summed E-state index contributed by atoms with van der Waals surface area (Å²) >= 11 is 0. The Hall–Kier alpha value is -1.39. The molecule has 1 atom stereocenters. The van der Waals surface area contributed by atoms with Crippen molar-refractivity contribution in [3.63, 3.8) is 0 Å². The number of nitrogens with two attached hydrogens (primary N) is 1. The van der Waals surface area contributed by atoms with Gasteiger partial charge in [0.15, 0.2) is 0 Å². The van der Waals surface area contributed by atoms with E-state index >= 15 is 0 Å². The zero-order valence-electron chi connectivity index (χ0n) is 11.2. The molecule has 1 unspecified atom stereocenters. The molecule has 1 fully saturated rings. The van der Waals surface area contributed by atoms with Crippen molar-refractivity contribution in [2.45, 2.75) is 31.7 Å². The summed E-state index contributed by atoms with van der Waals surface area (Å²) in [5.74, 6) is 0.0256. The van der Waals surface area contributed by atoms with Crippen molar-refractivity contribution in [3.05, 3.63) is 35.4 Å². The Kier molecular flexibility index (Phi) is 4.93. The third-order valence-electron chi connectivity index (χ3n) is 3.71.